The molecule has 1 rings (SSSR count). The lowest BCUT2D eigenvalue weighted by Crippen LogP contribution is -2.23. The van der Waals surface area contributed by atoms with Gasteiger partial charge < -0.3 is 14.8 Å². The number of hydrogen-bond donors (Lipinski definition) is 1. The molecule has 0 spiro atoms. The fourth-order valence-corrected chi connectivity index (χ4v) is 1.71. The molecule has 0 bridgehead atoms. The van der Waals surface area contributed by atoms with Gasteiger partial charge in [0.05, 0.1) is 13.7 Å². The molecular weight excluding hydrogens is 226 g/mol. The molecule has 0 saturated carbocycles. The van der Waals surface area contributed by atoms with Crippen molar-refractivity contribution in [3.8, 4) is 5.75 Å². The van der Waals surface area contributed by atoms with E-state index < -0.39 is 0 Å². The summed E-state index contributed by atoms with van der Waals surface area (Å²) in [5.41, 5.74) is 1.27. The third-order valence-corrected chi connectivity index (χ3v) is 2.95. The van der Waals surface area contributed by atoms with E-state index in [0.29, 0.717) is 6.04 Å². The van der Waals surface area contributed by atoms with E-state index in [-0.39, 0.29) is 0 Å². The average molecular weight is 251 g/mol. The van der Waals surface area contributed by atoms with Gasteiger partial charge in [0.1, 0.15) is 5.75 Å². The van der Waals surface area contributed by atoms with Crippen LogP contribution in [0.1, 0.15) is 38.3 Å². The molecule has 0 fully saturated rings. The molecule has 0 aliphatic rings. The highest BCUT2D eigenvalue weighted by atomic mass is 16.5. The zero-order valence-corrected chi connectivity index (χ0v) is 11.7. The second kappa shape index (κ2) is 8.95. The fraction of sp³-hybridized carbons (Fsp3) is 0.600. The number of benzene rings is 1. The Balaban J connectivity index is 2.21. The standard InChI is InChI=1S/C15H25NO2/c1-4-5-11-18-12-10-16-13(2)14-6-8-15(17-3)9-7-14/h6-9,13,16H,4-5,10-12H2,1-3H3/t13-/m0/s1. The largest absolute Gasteiger partial charge is 0.497 e. The smallest absolute Gasteiger partial charge is 0.118 e. The summed E-state index contributed by atoms with van der Waals surface area (Å²) in [4.78, 5) is 0. The van der Waals surface area contributed by atoms with Gasteiger partial charge in [-0.25, -0.2) is 0 Å². The number of hydrogen-bond acceptors (Lipinski definition) is 3. The first-order valence-corrected chi connectivity index (χ1v) is 6.73. The van der Waals surface area contributed by atoms with Crippen LogP contribution < -0.4 is 10.1 Å². The maximum absolute atomic E-state index is 5.51. The van der Waals surface area contributed by atoms with Crippen LogP contribution in [0.2, 0.25) is 0 Å². The number of nitrogens with one attached hydrogen (secondary N) is 1. The fourth-order valence-electron chi connectivity index (χ4n) is 1.71. The quantitative estimate of drug-likeness (QED) is 0.684. The monoisotopic (exact) mass is 251 g/mol. The van der Waals surface area contributed by atoms with E-state index in [1.807, 2.05) is 12.1 Å². The molecule has 1 aromatic carbocycles. The van der Waals surface area contributed by atoms with Crippen molar-refractivity contribution in [3.05, 3.63) is 29.8 Å². The van der Waals surface area contributed by atoms with Gasteiger partial charge in [0.2, 0.25) is 0 Å². The molecule has 0 heterocycles. The van der Waals surface area contributed by atoms with Gasteiger partial charge in [-0.05, 0) is 31.0 Å². The Morgan fingerprint density at radius 2 is 1.89 bits per heavy atom. The third kappa shape index (κ3) is 5.52. The molecular formula is C15H25NO2. The lowest BCUT2D eigenvalue weighted by Gasteiger charge is -2.14. The minimum absolute atomic E-state index is 0.339. The van der Waals surface area contributed by atoms with Gasteiger partial charge in [-0.1, -0.05) is 25.5 Å². The Labute approximate surface area is 110 Å². The molecule has 102 valence electrons. The van der Waals surface area contributed by atoms with E-state index in [9.17, 15) is 0 Å². The zero-order chi connectivity index (χ0) is 13.2. The summed E-state index contributed by atoms with van der Waals surface area (Å²) >= 11 is 0. The summed E-state index contributed by atoms with van der Waals surface area (Å²) < 4.78 is 10.7. The summed E-state index contributed by atoms with van der Waals surface area (Å²) in [6, 6.07) is 8.50. The van der Waals surface area contributed by atoms with Gasteiger partial charge in [-0.2, -0.15) is 0 Å². The molecule has 1 N–H and O–H groups in total. The van der Waals surface area contributed by atoms with Gasteiger partial charge in [0.15, 0.2) is 0 Å². The molecule has 1 atom stereocenters. The van der Waals surface area contributed by atoms with Crippen LogP contribution in [-0.4, -0.2) is 26.9 Å². The lowest BCUT2D eigenvalue weighted by atomic mass is 10.1. The first-order valence-electron chi connectivity index (χ1n) is 6.73. The minimum Gasteiger partial charge on any atom is -0.497 e. The first kappa shape index (κ1) is 15.0. The molecule has 0 aliphatic heterocycles. The van der Waals surface area contributed by atoms with Crippen LogP contribution in [0.5, 0.6) is 5.75 Å². The molecule has 0 saturated heterocycles. The van der Waals surface area contributed by atoms with Crippen LogP contribution >= 0.6 is 0 Å². The van der Waals surface area contributed by atoms with Crippen LogP contribution in [0.3, 0.4) is 0 Å². The summed E-state index contributed by atoms with van der Waals surface area (Å²) in [7, 11) is 1.68. The van der Waals surface area contributed by atoms with Crippen LogP contribution in [0.4, 0.5) is 0 Å². The first-order chi connectivity index (χ1) is 8.77. The van der Waals surface area contributed by atoms with Crippen molar-refractivity contribution in [1.29, 1.82) is 0 Å². The van der Waals surface area contributed by atoms with E-state index in [4.69, 9.17) is 9.47 Å². The van der Waals surface area contributed by atoms with E-state index in [1.165, 1.54) is 12.0 Å². The SMILES string of the molecule is CCCCOCCN[C@@H](C)c1ccc(OC)cc1. The molecule has 3 heteroatoms. The Bertz CT molecular complexity index is 311. The van der Waals surface area contributed by atoms with Crippen molar-refractivity contribution in [3.63, 3.8) is 0 Å². The van der Waals surface area contributed by atoms with Gasteiger partial charge in [-0.15, -0.1) is 0 Å². The second-order valence-electron chi connectivity index (χ2n) is 4.41. The minimum atomic E-state index is 0.339. The predicted octanol–water partition coefficient (Wildman–Crippen LogP) is 3.16. The molecule has 0 aliphatic carbocycles. The summed E-state index contributed by atoms with van der Waals surface area (Å²) in [6.45, 7) is 6.87. The van der Waals surface area contributed by atoms with Crippen LogP contribution in [0.15, 0.2) is 24.3 Å². The van der Waals surface area contributed by atoms with Crippen molar-refractivity contribution >= 4 is 0 Å². The van der Waals surface area contributed by atoms with Crippen molar-refractivity contribution in [2.24, 2.45) is 0 Å². The Hall–Kier alpha value is -1.06. The van der Waals surface area contributed by atoms with Crippen molar-refractivity contribution in [1.82, 2.24) is 5.32 Å². The van der Waals surface area contributed by atoms with Gasteiger partial charge in [0, 0.05) is 19.2 Å². The third-order valence-electron chi connectivity index (χ3n) is 2.95. The molecule has 0 amide bonds. The maximum Gasteiger partial charge on any atom is 0.118 e. The van der Waals surface area contributed by atoms with Crippen LogP contribution in [0, 0.1) is 0 Å². The lowest BCUT2D eigenvalue weighted by molar-refractivity contribution is 0.131. The van der Waals surface area contributed by atoms with E-state index in [0.717, 1.165) is 31.9 Å². The highest BCUT2D eigenvalue weighted by molar-refractivity contribution is 5.28. The molecule has 0 aromatic heterocycles. The van der Waals surface area contributed by atoms with Crippen molar-refractivity contribution in [2.75, 3.05) is 26.9 Å². The topological polar surface area (TPSA) is 30.5 Å². The summed E-state index contributed by atoms with van der Waals surface area (Å²) in [6.07, 6.45) is 2.34. The Morgan fingerprint density at radius 3 is 2.50 bits per heavy atom. The highest BCUT2D eigenvalue weighted by Crippen LogP contribution is 2.16. The Kier molecular flexibility index (Phi) is 7.46. The van der Waals surface area contributed by atoms with E-state index in [1.54, 1.807) is 7.11 Å². The van der Waals surface area contributed by atoms with E-state index in [2.05, 4.69) is 31.3 Å². The van der Waals surface area contributed by atoms with Crippen molar-refractivity contribution < 1.29 is 9.47 Å². The number of rotatable bonds is 9. The molecule has 0 unspecified atom stereocenters. The predicted molar refractivity (Wildman–Crippen MR) is 75.1 cm³/mol. The van der Waals surface area contributed by atoms with Crippen molar-refractivity contribution in [2.45, 2.75) is 32.7 Å². The maximum atomic E-state index is 5.51. The molecule has 0 radical (unpaired) electrons. The Morgan fingerprint density at radius 1 is 1.17 bits per heavy atom. The second-order valence-corrected chi connectivity index (χ2v) is 4.41. The highest BCUT2D eigenvalue weighted by Gasteiger charge is 2.04. The van der Waals surface area contributed by atoms with Crippen LogP contribution in [0.25, 0.3) is 0 Å². The average Bonchev–Trinajstić information content (AvgIpc) is 2.42. The van der Waals surface area contributed by atoms with Gasteiger partial charge in [-0.3, -0.25) is 0 Å². The molecule has 1 aromatic rings. The number of unbranched alkanes of at least 4 members (excludes halogenated alkanes) is 1. The summed E-state index contributed by atoms with van der Waals surface area (Å²) in [5.74, 6) is 0.897. The van der Waals surface area contributed by atoms with Crippen LogP contribution in [-0.2, 0) is 4.74 Å². The molecule has 18 heavy (non-hydrogen) atoms. The van der Waals surface area contributed by atoms with Gasteiger partial charge in [0.25, 0.3) is 0 Å². The molecule has 3 nitrogen and oxygen atoms in total. The number of methoxy groups -OCH3 is 1. The summed E-state index contributed by atoms with van der Waals surface area (Å²) in [5, 5.41) is 3.45. The normalized spacial score (nSPS) is 12.4. The van der Waals surface area contributed by atoms with E-state index >= 15 is 0 Å². The number of ether oxygens (including phenoxy) is 2. The van der Waals surface area contributed by atoms with Gasteiger partial charge >= 0.3 is 0 Å². The zero-order valence-electron chi connectivity index (χ0n) is 11.7.